The van der Waals surface area contributed by atoms with E-state index >= 15 is 0 Å². The summed E-state index contributed by atoms with van der Waals surface area (Å²) in [6, 6.07) is 12.2. The van der Waals surface area contributed by atoms with Crippen LogP contribution < -0.4 is 14.2 Å². The average Bonchev–Trinajstić information content (AvgIpc) is 2.82. The molecule has 0 spiro atoms. The van der Waals surface area contributed by atoms with E-state index in [2.05, 4.69) is 11.9 Å². The molecular formula is C28H32FNO4. The number of carbonyl (C=O) groups excluding carboxylic acids is 1. The molecule has 3 rings (SSSR count). The number of carbonyl (C=O) groups is 1. The van der Waals surface area contributed by atoms with Crippen molar-refractivity contribution in [3.8, 4) is 17.2 Å². The van der Waals surface area contributed by atoms with E-state index in [1.54, 1.807) is 25.4 Å². The molecule has 1 atom stereocenters. The molecule has 0 aliphatic heterocycles. The number of nitrogens with zero attached hydrogens (tertiary/aromatic N) is 1. The van der Waals surface area contributed by atoms with E-state index in [1.165, 1.54) is 19.1 Å². The van der Waals surface area contributed by atoms with Crippen LogP contribution in [0.25, 0.3) is 0 Å². The summed E-state index contributed by atoms with van der Waals surface area (Å²) < 4.78 is 31.3. The van der Waals surface area contributed by atoms with Gasteiger partial charge in [0.15, 0.2) is 17.3 Å². The maximum absolute atomic E-state index is 13.3. The van der Waals surface area contributed by atoms with Crippen LogP contribution in [0.15, 0.2) is 48.7 Å². The third-order valence-electron chi connectivity index (χ3n) is 6.04. The Kier molecular flexibility index (Phi) is 8.63. The van der Waals surface area contributed by atoms with Gasteiger partial charge in [0, 0.05) is 18.3 Å². The van der Waals surface area contributed by atoms with Crippen LogP contribution in [0.5, 0.6) is 17.2 Å². The molecule has 5 nitrogen and oxygen atoms in total. The van der Waals surface area contributed by atoms with Crippen molar-refractivity contribution in [2.24, 2.45) is 0 Å². The van der Waals surface area contributed by atoms with Crippen molar-refractivity contribution in [3.63, 3.8) is 0 Å². The predicted octanol–water partition coefficient (Wildman–Crippen LogP) is 6.24. The molecule has 3 aromatic rings. The van der Waals surface area contributed by atoms with Gasteiger partial charge in [0.25, 0.3) is 0 Å². The summed E-state index contributed by atoms with van der Waals surface area (Å²) in [6.07, 6.45) is 3.03. The zero-order chi connectivity index (χ0) is 24.7. The fourth-order valence-corrected chi connectivity index (χ4v) is 3.95. The molecule has 0 radical (unpaired) electrons. The number of ketones is 1. The molecule has 0 aliphatic carbocycles. The zero-order valence-electron chi connectivity index (χ0n) is 20.5. The maximum atomic E-state index is 13.3. The van der Waals surface area contributed by atoms with Gasteiger partial charge in [-0.2, -0.15) is 0 Å². The summed E-state index contributed by atoms with van der Waals surface area (Å²) in [5.74, 6) is 1.21. The first-order valence-electron chi connectivity index (χ1n) is 11.5. The number of aromatic nitrogens is 1. The van der Waals surface area contributed by atoms with Crippen LogP contribution in [0.1, 0.15) is 58.9 Å². The zero-order valence-corrected chi connectivity index (χ0v) is 20.5. The number of methoxy groups -OCH3 is 1. The summed E-state index contributed by atoms with van der Waals surface area (Å²) >= 11 is 0. The molecule has 180 valence electrons. The van der Waals surface area contributed by atoms with Crippen LogP contribution in [-0.2, 0) is 6.42 Å². The van der Waals surface area contributed by atoms with Gasteiger partial charge < -0.3 is 14.2 Å². The number of ether oxygens (including phenoxy) is 3. The molecule has 0 N–H and O–H groups in total. The first kappa shape index (κ1) is 25.2. The highest BCUT2D eigenvalue weighted by Crippen LogP contribution is 2.45. The average molecular weight is 466 g/mol. The van der Waals surface area contributed by atoms with Gasteiger partial charge in [-0.05, 0) is 74.1 Å². The van der Waals surface area contributed by atoms with E-state index in [9.17, 15) is 9.18 Å². The number of halogens is 1. The topological polar surface area (TPSA) is 57.7 Å². The summed E-state index contributed by atoms with van der Waals surface area (Å²) in [5.41, 5.74) is 4.09. The normalized spacial score (nSPS) is 11.7. The van der Waals surface area contributed by atoms with Crippen LogP contribution in [0.4, 0.5) is 4.39 Å². The van der Waals surface area contributed by atoms with E-state index in [0.29, 0.717) is 48.9 Å². The van der Waals surface area contributed by atoms with E-state index < -0.39 is 0 Å². The molecule has 1 heterocycles. The van der Waals surface area contributed by atoms with E-state index in [0.717, 1.165) is 22.4 Å². The number of benzene rings is 2. The summed E-state index contributed by atoms with van der Waals surface area (Å²) in [4.78, 5) is 16.9. The van der Waals surface area contributed by atoms with E-state index in [-0.39, 0.29) is 17.5 Å². The quantitative estimate of drug-likeness (QED) is 0.314. The Balaban J connectivity index is 1.85. The number of hydrogen-bond acceptors (Lipinski definition) is 5. The van der Waals surface area contributed by atoms with Crippen molar-refractivity contribution < 1.29 is 23.4 Å². The molecule has 0 saturated carbocycles. The number of hydrogen-bond donors (Lipinski definition) is 0. The van der Waals surface area contributed by atoms with Gasteiger partial charge in [-0.3, -0.25) is 9.78 Å². The molecule has 0 saturated heterocycles. The van der Waals surface area contributed by atoms with Crippen LogP contribution in [0.3, 0.4) is 0 Å². The fraction of sp³-hybridized carbons (Fsp3) is 0.357. The van der Waals surface area contributed by atoms with Gasteiger partial charge in [0.05, 0.1) is 25.9 Å². The minimum atomic E-state index is -0.253. The summed E-state index contributed by atoms with van der Waals surface area (Å²) in [6.45, 7) is 8.11. The highest BCUT2D eigenvalue weighted by molar-refractivity contribution is 6.00. The molecule has 0 fully saturated rings. The molecule has 6 heteroatoms. The second kappa shape index (κ2) is 11.6. The predicted molar refractivity (Wildman–Crippen MR) is 131 cm³/mol. The lowest BCUT2D eigenvalue weighted by atomic mass is 9.97. The fourth-order valence-electron chi connectivity index (χ4n) is 3.95. The summed E-state index contributed by atoms with van der Waals surface area (Å²) in [5, 5.41) is 0. The van der Waals surface area contributed by atoms with Gasteiger partial charge in [-0.15, -0.1) is 0 Å². The lowest BCUT2D eigenvalue weighted by Gasteiger charge is -2.23. The molecule has 1 unspecified atom stereocenters. The van der Waals surface area contributed by atoms with Crippen LogP contribution in [-0.4, -0.2) is 31.1 Å². The van der Waals surface area contributed by atoms with Crippen molar-refractivity contribution in [1.29, 1.82) is 0 Å². The second-order valence-corrected chi connectivity index (χ2v) is 8.38. The van der Waals surface area contributed by atoms with Crippen molar-refractivity contribution in [1.82, 2.24) is 4.98 Å². The van der Waals surface area contributed by atoms with Gasteiger partial charge in [0.2, 0.25) is 5.75 Å². The minimum Gasteiger partial charge on any atom is -0.492 e. The van der Waals surface area contributed by atoms with Gasteiger partial charge in [-0.25, -0.2) is 4.39 Å². The second-order valence-electron chi connectivity index (χ2n) is 8.38. The lowest BCUT2D eigenvalue weighted by Crippen LogP contribution is -2.13. The van der Waals surface area contributed by atoms with Gasteiger partial charge >= 0.3 is 0 Å². The van der Waals surface area contributed by atoms with Crippen molar-refractivity contribution in [2.75, 3.05) is 20.3 Å². The summed E-state index contributed by atoms with van der Waals surface area (Å²) in [7, 11) is 1.58. The van der Waals surface area contributed by atoms with Crippen LogP contribution in [0, 0.1) is 19.7 Å². The van der Waals surface area contributed by atoms with Gasteiger partial charge in [0.1, 0.15) is 5.82 Å². The third kappa shape index (κ3) is 5.93. The van der Waals surface area contributed by atoms with E-state index in [4.69, 9.17) is 14.2 Å². The molecule has 1 aromatic heterocycles. The van der Waals surface area contributed by atoms with Crippen LogP contribution in [0.2, 0.25) is 0 Å². The Morgan fingerprint density at radius 2 is 1.68 bits per heavy atom. The smallest absolute Gasteiger partial charge is 0.204 e. The Morgan fingerprint density at radius 1 is 0.971 bits per heavy atom. The molecular weight excluding hydrogens is 433 g/mol. The molecule has 0 amide bonds. The molecule has 2 aromatic carbocycles. The number of pyridine rings is 1. The Labute approximate surface area is 200 Å². The van der Waals surface area contributed by atoms with E-state index in [1.807, 2.05) is 32.0 Å². The Bertz CT molecular complexity index is 1110. The number of Topliss-reactive ketones (excluding diaryl/α,β-unsaturated/α-hetero) is 1. The van der Waals surface area contributed by atoms with Crippen molar-refractivity contribution in [2.45, 2.75) is 46.5 Å². The number of rotatable bonds is 11. The molecule has 34 heavy (non-hydrogen) atoms. The third-order valence-corrected chi connectivity index (χ3v) is 6.04. The van der Waals surface area contributed by atoms with Crippen LogP contribution >= 0.6 is 0 Å². The largest absolute Gasteiger partial charge is 0.492 e. The standard InChI is InChI=1S/C28H32FNO4/c1-18(22-9-11-23(29)12-10-22)13-16-34-28-26(32-5)20(3)19(2)25(21(4)31)27(28)33-17-14-24-8-6-7-15-30-24/h6-12,15,18H,13-14,16-17H2,1-5H3. The highest BCUT2D eigenvalue weighted by atomic mass is 19.1. The van der Waals surface area contributed by atoms with Crippen molar-refractivity contribution >= 4 is 5.78 Å². The Morgan fingerprint density at radius 3 is 2.29 bits per heavy atom. The first-order chi connectivity index (χ1) is 16.3. The molecule has 0 aliphatic rings. The lowest BCUT2D eigenvalue weighted by molar-refractivity contribution is 0.101. The SMILES string of the molecule is COc1c(C)c(C)c(C(C)=O)c(OCCc2ccccn2)c1OCCC(C)c1ccc(F)cc1. The first-order valence-corrected chi connectivity index (χ1v) is 11.5. The monoisotopic (exact) mass is 465 g/mol. The minimum absolute atomic E-state index is 0.0966. The van der Waals surface area contributed by atoms with Crippen molar-refractivity contribution in [3.05, 3.63) is 82.4 Å². The maximum Gasteiger partial charge on any atom is 0.204 e. The highest BCUT2D eigenvalue weighted by Gasteiger charge is 2.26. The molecule has 0 bridgehead atoms. The van der Waals surface area contributed by atoms with Gasteiger partial charge in [-0.1, -0.05) is 25.1 Å². The Hall–Kier alpha value is -3.41.